The van der Waals surface area contributed by atoms with Crippen LogP contribution in [-0.4, -0.2) is 12.5 Å². The van der Waals surface area contributed by atoms with Crippen LogP contribution >= 0.6 is 0 Å². The molecule has 0 spiro atoms. The SMILES string of the molecule is CCNC(=O)C1C[CH]CC1. The van der Waals surface area contributed by atoms with Crippen LogP contribution in [0.4, 0.5) is 0 Å². The van der Waals surface area contributed by atoms with Gasteiger partial charge in [-0.25, -0.2) is 0 Å². The lowest BCUT2D eigenvalue weighted by Gasteiger charge is -2.06. The van der Waals surface area contributed by atoms with Gasteiger partial charge in [0.2, 0.25) is 5.91 Å². The molecule has 1 fully saturated rings. The van der Waals surface area contributed by atoms with E-state index in [9.17, 15) is 4.79 Å². The van der Waals surface area contributed by atoms with E-state index >= 15 is 0 Å². The molecule has 0 aromatic carbocycles. The predicted molar refractivity (Wildman–Crippen MR) is 40.3 cm³/mol. The normalized spacial score (nSPS) is 19.3. The lowest BCUT2D eigenvalue weighted by atomic mass is 10.1. The lowest BCUT2D eigenvalue weighted by molar-refractivity contribution is -0.124. The Morgan fingerprint density at radius 3 is 3.10 bits per heavy atom. The standard InChI is InChI=1S/C8H14NO/c1-2-9-8(10)7-5-3-4-6-7/h3,7H,2,4-6H2,1H3,(H,9,10). The van der Waals surface area contributed by atoms with Gasteiger partial charge in [0.05, 0.1) is 0 Å². The summed E-state index contributed by atoms with van der Waals surface area (Å²) >= 11 is 0. The van der Waals surface area contributed by atoms with Gasteiger partial charge in [-0.15, -0.1) is 0 Å². The molecule has 1 amide bonds. The van der Waals surface area contributed by atoms with Crippen LogP contribution in [0.5, 0.6) is 0 Å². The minimum atomic E-state index is 0.233. The Bertz CT molecular complexity index is 116. The molecule has 0 aromatic rings. The molecule has 0 aromatic heterocycles. The van der Waals surface area contributed by atoms with E-state index in [1.165, 1.54) is 0 Å². The van der Waals surface area contributed by atoms with Crippen molar-refractivity contribution in [1.82, 2.24) is 5.32 Å². The zero-order valence-corrected chi connectivity index (χ0v) is 6.39. The minimum Gasteiger partial charge on any atom is -0.356 e. The molecule has 1 atom stereocenters. The molecule has 57 valence electrons. The molecule has 1 radical (unpaired) electrons. The van der Waals surface area contributed by atoms with Crippen molar-refractivity contribution >= 4 is 5.91 Å². The van der Waals surface area contributed by atoms with E-state index in [1.54, 1.807) is 0 Å². The van der Waals surface area contributed by atoms with Crippen LogP contribution in [0, 0.1) is 12.3 Å². The topological polar surface area (TPSA) is 29.1 Å². The van der Waals surface area contributed by atoms with Crippen molar-refractivity contribution in [2.45, 2.75) is 26.2 Å². The Morgan fingerprint density at radius 2 is 2.60 bits per heavy atom. The summed E-state index contributed by atoms with van der Waals surface area (Å²) in [4.78, 5) is 11.1. The number of carbonyl (C=O) groups excluding carboxylic acids is 1. The highest BCUT2D eigenvalue weighted by Crippen LogP contribution is 2.23. The second-order valence-electron chi connectivity index (χ2n) is 2.69. The van der Waals surface area contributed by atoms with Gasteiger partial charge in [0.25, 0.3) is 0 Å². The maximum atomic E-state index is 11.1. The van der Waals surface area contributed by atoms with Gasteiger partial charge in [0.15, 0.2) is 0 Å². The highest BCUT2D eigenvalue weighted by atomic mass is 16.1. The molecule has 0 saturated heterocycles. The Balaban J connectivity index is 2.25. The molecule has 10 heavy (non-hydrogen) atoms. The molecule has 1 aliphatic rings. The Kier molecular flexibility index (Phi) is 2.72. The van der Waals surface area contributed by atoms with E-state index < -0.39 is 0 Å². The van der Waals surface area contributed by atoms with Crippen LogP contribution in [0.2, 0.25) is 0 Å². The van der Waals surface area contributed by atoms with E-state index in [-0.39, 0.29) is 11.8 Å². The molecule has 1 aliphatic carbocycles. The first-order valence-corrected chi connectivity index (χ1v) is 3.94. The van der Waals surface area contributed by atoms with Crippen molar-refractivity contribution in [3.63, 3.8) is 0 Å². The summed E-state index contributed by atoms with van der Waals surface area (Å²) in [6, 6.07) is 0. The summed E-state index contributed by atoms with van der Waals surface area (Å²) in [5, 5.41) is 2.83. The Morgan fingerprint density at radius 1 is 1.80 bits per heavy atom. The average Bonchev–Trinajstić information content (AvgIpc) is 2.38. The number of rotatable bonds is 2. The van der Waals surface area contributed by atoms with Crippen LogP contribution < -0.4 is 5.32 Å². The zero-order chi connectivity index (χ0) is 7.40. The van der Waals surface area contributed by atoms with Crippen LogP contribution in [0.15, 0.2) is 0 Å². The van der Waals surface area contributed by atoms with Crippen molar-refractivity contribution < 1.29 is 4.79 Å². The van der Waals surface area contributed by atoms with E-state index in [0.717, 1.165) is 25.8 Å². The third-order valence-electron chi connectivity index (χ3n) is 1.89. The Hall–Kier alpha value is -0.530. The third kappa shape index (κ3) is 1.72. The molecular weight excluding hydrogens is 126 g/mol. The Labute approximate surface area is 62.0 Å². The number of nitrogens with one attached hydrogen (secondary N) is 1. The first-order chi connectivity index (χ1) is 4.84. The molecule has 0 heterocycles. The van der Waals surface area contributed by atoms with Gasteiger partial charge >= 0.3 is 0 Å². The van der Waals surface area contributed by atoms with Gasteiger partial charge in [-0.1, -0.05) is 0 Å². The molecular formula is C8H14NO. The van der Waals surface area contributed by atoms with Gasteiger partial charge < -0.3 is 5.32 Å². The third-order valence-corrected chi connectivity index (χ3v) is 1.89. The largest absolute Gasteiger partial charge is 0.356 e. The van der Waals surface area contributed by atoms with Crippen molar-refractivity contribution in [1.29, 1.82) is 0 Å². The van der Waals surface area contributed by atoms with Gasteiger partial charge in [-0.2, -0.15) is 0 Å². The van der Waals surface area contributed by atoms with E-state index in [0.29, 0.717) is 0 Å². The van der Waals surface area contributed by atoms with Crippen LogP contribution in [0.1, 0.15) is 26.2 Å². The van der Waals surface area contributed by atoms with Gasteiger partial charge in [-0.3, -0.25) is 4.79 Å². The second kappa shape index (κ2) is 3.59. The van der Waals surface area contributed by atoms with E-state index in [1.807, 2.05) is 6.92 Å². The molecule has 1 saturated carbocycles. The maximum Gasteiger partial charge on any atom is 0.223 e. The summed E-state index contributed by atoms with van der Waals surface area (Å²) < 4.78 is 0. The maximum absolute atomic E-state index is 11.1. The lowest BCUT2D eigenvalue weighted by Crippen LogP contribution is -2.28. The number of carbonyl (C=O) groups is 1. The van der Waals surface area contributed by atoms with E-state index in [4.69, 9.17) is 0 Å². The molecule has 2 heteroatoms. The summed E-state index contributed by atoms with van der Waals surface area (Å²) in [6.45, 7) is 2.71. The van der Waals surface area contributed by atoms with Crippen LogP contribution in [0.3, 0.4) is 0 Å². The summed E-state index contributed by atoms with van der Waals surface area (Å²) in [5.74, 6) is 0.510. The fourth-order valence-electron chi connectivity index (χ4n) is 1.31. The predicted octanol–water partition coefficient (Wildman–Crippen LogP) is 1.13. The first kappa shape index (κ1) is 7.58. The van der Waals surface area contributed by atoms with Crippen LogP contribution in [-0.2, 0) is 4.79 Å². The monoisotopic (exact) mass is 140 g/mol. The fraction of sp³-hybridized carbons (Fsp3) is 0.750. The molecule has 1 unspecified atom stereocenters. The summed E-state index contributed by atoms with van der Waals surface area (Å²) in [5.41, 5.74) is 0. The van der Waals surface area contributed by atoms with Gasteiger partial charge in [0, 0.05) is 12.5 Å². The van der Waals surface area contributed by atoms with E-state index in [2.05, 4.69) is 11.7 Å². The molecule has 1 N–H and O–H groups in total. The summed E-state index contributed by atoms with van der Waals surface area (Å²) in [7, 11) is 0. The molecule has 2 nitrogen and oxygen atoms in total. The fourth-order valence-corrected chi connectivity index (χ4v) is 1.31. The molecule has 1 rings (SSSR count). The van der Waals surface area contributed by atoms with Gasteiger partial charge in [0.1, 0.15) is 0 Å². The van der Waals surface area contributed by atoms with Crippen molar-refractivity contribution in [3.8, 4) is 0 Å². The quantitative estimate of drug-likeness (QED) is 0.612. The zero-order valence-electron chi connectivity index (χ0n) is 6.39. The highest BCUT2D eigenvalue weighted by molar-refractivity contribution is 5.79. The minimum absolute atomic E-state index is 0.233. The van der Waals surface area contributed by atoms with Crippen molar-refractivity contribution in [2.24, 2.45) is 5.92 Å². The first-order valence-electron chi connectivity index (χ1n) is 3.94. The molecule has 0 aliphatic heterocycles. The highest BCUT2D eigenvalue weighted by Gasteiger charge is 2.21. The molecule has 0 bridgehead atoms. The van der Waals surface area contributed by atoms with Crippen LogP contribution in [0.25, 0.3) is 0 Å². The number of hydrogen-bond acceptors (Lipinski definition) is 1. The smallest absolute Gasteiger partial charge is 0.223 e. The number of amides is 1. The van der Waals surface area contributed by atoms with Crippen molar-refractivity contribution in [3.05, 3.63) is 6.42 Å². The van der Waals surface area contributed by atoms with Crippen molar-refractivity contribution in [2.75, 3.05) is 6.54 Å². The number of hydrogen-bond donors (Lipinski definition) is 1. The average molecular weight is 140 g/mol. The second-order valence-corrected chi connectivity index (χ2v) is 2.69. The van der Waals surface area contributed by atoms with Gasteiger partial charge in [-0.05, 0) is 32.6 Å². The summed E-state index contributed by atoms with van der Waals surface area (Å²) in [6.07, 6.45) is 5.33.